The standard InChI is InChI=1S/C18H24N2O2/c1-3-22-14-9-7-13(8-10-14)12-19-20-17(21)16-15-6-4-5-11-18(15,16)2/h7-10,12,15-16H,3-6,11H2,1-2H3,(H,20,21)/b19-12+. The van der Waals surface area contributed by atoms with Crippen molar-refractivity contribution in [3.05, 3.63) is 29.8 Å². The topological polar surface area (TPSA) is 50.7 Å². The Hall–Kier alpha value is -1.84. The lowest BCUT2D eigenvalue weighted by atomic mass is 9.90. The summed E-state index contributed by atoms with van der Waals surface area (Å²) in [6.07, 6.45) is 6.57. The highest BCUT2D eigenvalue weighted by atomic mass is 16.5. The van der Waals surface area contributed by atoms with Crippen LogP contribution in [0, 0.1) is 17.3 Å². The molecule has 1 aromatic carbocycles. The summed E-state index contributed by atoms with van der Waals surface area (Å²) in [6.45, 7) is 4.86. The van der Waals surface area contributed by atoms with Gasteiger partial charge in [-0.05, 0) is 60.9 Å². The summed E-state index contributed by atoms with van der Waals surface area (Å²) in [5, 5.41) is 4.10. The lowest BCUT2D eigenvalue weighted by Crippen LogP contribution is -2.22. The third-order valence-corrected chi connectivity index (χ3v) is 5.19. The Morgan fingerprint density at radius 2 is 2.18 bits per heavy atom. The van der Waals surface area contributed by atoms with Crippen molar-refractivity contribution in [2.24, 2.45) is 22.4 Å². The molecule has 2 saturated carbocycles. The van der Waals surface area contributed by atoms with Gasteiger partial charge in [0, 0.05) is 5.92 Å². The van der Waals surface area contributed by atoms with Crippen molar-refractivity contribution in [1.29, 1.82) is 0 Å². The van der Waals surface area contributed by atoms with Crippen LogP contribution < -0.4 is 10.2 Å². The molecule has 2 aliphatic carbocycles. The summed E-state index contributed by atoms with van der Waals surface area (Å²) < 4.78 is 5.39. The van der Waals surface area contributed by atoms with E-state index >= 15 is 0 Å². The molecular weight excluding hydrogens is 276 g/mol. The molecule has 4 nitrogen and oxygen atoms in total. The highest BCUT2D eigenvalue weighted by Crippen LogP contribution is 2.66. The number of hydrogen-bond acceptors (Lipinski definition) is 3. The van der Waals surface area contributed by atoms with Crippen LogP contribution in [-0.2, 0) is 4.79 Å². The predicted molar refractivity (Wildman–Crippen MR) is 86.9 cm³/mol. The van der Waals surface area contributed by atoms with Gasteiger partial charge in [0.05, 0.1) is 12.8 Å². The SMILES string of the molecule is CCOc1ccc(/C=N/NC(=O)C2C3CCCCC32C)cc1. The fourth-order valence-corrected chi connectivity index (χ4v) is 3.91. The molecule has 0 saturated heterocycles. The summed E-state index contributed by atoms with van der Waals surface area (Å²) in [6, 6.07) is 7.67. The van der Waals surface area contributed by atoms with Gasteiger partial charge in [0.25, 0.3) is 0 Å². The summed E-state index contributed by atoms with van der Waals surface area (Å²) in [5.74, 6) is 1.66. The minimum absolute atomic E-state index is 0.0802. The van der Waals surface area contributed by atoms with Gasteiger partial charge in [-0.1, -0.05) is 19.8 Å². The monoisotopic (exact) mass is 300 g/mol. The van der Waals surface area contributed by atoms with Crippen LogP contribution in [0.25, 0.3) is 0 Å². The number of carbonyl (C=O) groups is 1. The van der Waals surface area contributed by atoms with Crippen LogP contribution in [0.15, 0.2) is 29.4 Å². The van der Waals surface area contributed by atoms with Gasteiger partial charge in [0.15, 0.2) is 0 Å². The number of nitrogens with zero attached hydrogens (tertiary/aromatic N) is 1. The van der Waals surface area contributed by atoms with Crippen molar-refractivity contribution in [1.82, 2.24) is 5.43 Å². The fraction of sp³-hybridized carbons (Fsp3) is 0.556. The minimum Gasteiger partial charge on any atom is -0.494 e. The van der Waals surface area contributed by atoms with Crippen molar-refractivity contribution in [2.45, 2.75) is 39.5 Å². The Bertz CT molecular complexity index is 567. The second-order valence-corrected chi connectivity index (χ2v) is 6.57. The number of ether oxygens (including phenoxy) is 1. The Balaban J connectivity index is 1.53. The highest BCUT2D eigenvalue weighted by molar-refractivity contribution is 5.85. The number of carbonyl (C=O) groups excluding carboxylic acids is 1. The Kier molecular flexibility index (Phi) is 4.19. The summed E-state index contributed by atoms with van der Waals surface area (Å²) >= 11 is 0. The maximum absolute atomic E-state index is 12.3. The van der Waals surface area contributed by atoms with E-state index in [1.54, 1.807) is 6.21 Å². The minimum atomic E-state index is 0.0802. The summed E-state index contributed by atoms with van der Waals surface area (Å²) in [5.41, 5.74) is 3.89. The van der Waals surface area contributed by atoms with Gasteiger partial charge < -0.3 is 4.74 Å². The number of rotatable bonds is 5. The van der Waals surface area contributed by atoms with E-state index in [0.29, 0.717) is 12.5 Å². The summed E-state index contributed by atoms with van der Waals surface area (Å²) in [4.78, 5) is 12.3. The molecule has 3 rings (SSSR count). The van der Waals surface area contributed by atoms with Crippen LogP contribution in [0.2, 0.25) is 0 Å². The first-order valence-corrected chi connectivity index (χ1v) is 8.21. The maximum atomic E-state index is 12.3. The van der Waals surface area contributed by atoms with E-state index < -0.39 is 0 Å². The molecule has 0 bridgehead atoms. The van der Waals surface area contributed by atoms with Crippen LogP contribution in [0.3, 0.4) is 0 Å². The average Bonchev–Trinajstić information content (AvgIpc) is 3.15. The van der Waals surface area contributed by atoms with Crippen molar-refractivity contribution in [2.75, 3.05) is 6.61 Å². The third kappa shape index (κ3) is 2.87. The van der Waals surface area contributed by atoms with E-state index in [4.69, 9.17) is 4.74 Å². The summed E-state index contributed by atoms with van der Waals surface area (Å²) in [7, 11) is 0. The number of benzene rings is 1. The number of hydrazone groups is 1. The molecule has 118 valence electrons. The van der Waals surface area contributed by atoms with Crippen LogP contribution >= 0.6 is 0 Å². The molecule has 3 unspecified atom stereocenters. The smallest absolute Gasteiger partial charge is 0.244 e. The van der Waals surface area contributed by atoms with E-state index in [-0.39, 0.29) is 17.2 Å². The molecule has 1 amide bonds. The second kappa shape index (κ2) is 6.11. The molecule has 2 aliphatic rings. The van der Waals surface area contributed by atoms with Gasteiger partial charge in [-0.25, -0.2) is 5.43 Å². The molecule has 0 spiro atoms. The first-order chi connectivity index (χ1) is 10.6. The van der Waals surface area contributed by atoms with E-state index in [1.165, 1.54) is 25.7 Å². The number of fused-ring (bicyclic) bond motifs is 1. The normalized spacial score (nSPS) is 29.9. The molecule has 4 heteroatoms. The lowest BCUT2D eigenvalue weighted by Gasteiger charge is -2.15. The van der Waals surface area contributed by atoms with Crippen molar-refractivity contribution in [3.8, 4) is 5.75 Å². The van der Waals surface area contributed by atoms with E-state index in [2.05, 4.69) is 17.5 Å². The van der Waals surface area contributed by atoms with E-state index in [0.717, 1.165) is 11.3 Å². The van der Waals surface area contributed by atoms with Gasteiger partial charge in [0.1, 0.15) is 5.75 Å². The van der Waals surface area contributed by atoms with E-state index in [1.807, 2.05) is 31.2 Å². The van der Waals surface area contributed by atoms with Crippen molar-refractivity contribution in [3.63, 3.8) is 0 Å². The van der Waals surface area contributed by atoms with Gasteiger partial charge in [0.2, 0.25) is 5.91 Å². The number of amides is 1. The first-order valence-electron chi connectivity index (χ1n) is 8.21. The molecule has 0 aromatic heterocycles. The Morgan fingerprint density at radius 3 is 2.82 bits per heavy atom. The van der Waals surface area contributed by atoms with Crippen LogP contribution in [0.1, 0.15) is 45.1 Å². The molecule has 3 atom stereocenters. The Labute approximate surface area is 131 Å². The van der Waals surface area contributed by atoms with Crippen molar-refractivity contribution >= 4 is 12.1 Å². The highest BCUT2D eigenvalue weighted by Gasteiger charge is 2.64. The number of nitrogens with one attached hydrogen (secondary N) is 1. The molecule has 1 aromatic rings. The zero-order valence-electron chi connectivity index (χ0n) is 13.3. The van der Waals surface area contributed by atoms with Gasteiger partial charge in [-0.2, -0.15) is 5.10 Å². The van der Waals surface area contributed by atoms with Crippen molar-refractivity contribution < 1.29 is 9.53 Å². The zero-order valence-corrected chi connectivity index (χ0v) is 13.3. The average molecular weight is 300 g/mol. The maximum Gasteiger partial charge on any atom is 0.244 e. The Morgan fingerprint density at radius 1 is 1.41 bits per heavy atom. The van der Waals surface area contributed by atoms with Crippen LogP contribution in [0.5, 0.6) is 5.75 Å². The molecular formula is C18H24N2O2. The molecule has 22 heavy (non-hydrogen) atoms. The largest absolute Gasteiger partial charge is 0.494 e. The first kappa shape index (κ1) is 15.1. The van der Waals surface area contributed by atoms with Gasteiger partial charge >= 0.3 is 0 Å². The third-order valence-electron chi connectivity index (χ3n) is 5.19. The molecule has 2 fully saturated rings. The predicted octanol–water partition coefficient (Wildman–Crippen LogP) is 3.36. The quantitative estimate of drug-likeness (QED) is 0.669. The van der Waals surface area contributed by atoms with E-state index in [9.17, 15) is 4.79 Å². The number of hydrogen-bond donors (Lipinski definition) is 1. The molecule has 1 N–H and O–H groups in total. The van der Waals surface area contributed by atoms with Gasteiger partial charge in [-0.15, -0.1) is 0 Å². The van der Waals surface area contributed by atoms with Crippen LogP contribution in [0.4, 0.5) is 0 Å². The van der Waals surface area contributed by atoms with Gasteiger partial charge in [-0.3, -0.25) is 4.79 Å². The molecule has 0 radical (unpaired) electrons. The fourth-order valence-electron chi connectivity index (χ4n) is 3.91. The molecule has 0 heterocycles. The second-order valence-electron chi connectivity index (χ2n) is 6.57. The van der Waals surface area contributed by atoms with Crippen LogP contribution in [-0.4, -0.2) is 18.7 Å². The lowest BCUT2D eigenvalue weighted by molar-refractivity contribution is -0.123. The zero-order chi connectivity index (χ0) is 15.6. The molecule has 0 aliphatic heterocycles.